The number of methoxy groups -OCH3 is 1. The first-order chi connectivity index (χ1) is 16.7. The Kier molecular flexibility index (Phi) is 7.99. The number of anilines is 1. The highest BCUT2D eigenvalue weighted by Crippen LogP contribution is 2.33. The SMILES string of the molecule is CCOc1ccc2nc(N(Cc3ccccc3)C(=O)CCCOc3ccc(OC)cc3)sc2c1. The molecular formula is C27H28N2O4S. The molecule has 1 aromatic heterocycles. The van der Waals surface area contributed by atoms with Crippen molar-refractivity contribution in [3.8, 4) is 17.2 Å². The molecule has 0 bridgehead atoms. The van der Waals surface area contributed by atoms with Crippen LogP contribution in [0.1, 0.15) is 25.3 Å². The topological polar surface area (TPSA) is 60.9 Å². The number of benzene rings is 3. The highest BCUT2D eigenvalue weighted by Gasteiger charge is 2.20. The second kappa shape index (κ2) is 11.5. The van der Waals surface area contributed by atoms with Crippen molar-refractivity contribution in [3.63, 3.8) is 0 Å². The summed E-state index contributed by atoms with van der Waals surface area (Å²) in [5.74, 6) is 2.36. The van der Waals surface area contributed by atoms with E-state index in [1.54, 1.807) is 12.0 Å². The molecule has 0 spiro atoms. The van der Waals surface area contributed by atoms with Crippen molar-refractivity contribution in [3.05, 3.63) is 78.4 Å². The van der Waals surface area contributed by atoms with E-state index in [1.807, 2.05) is 79.7 Å². The van der Waals surface area contributed by atoms with Crippen LogP contribution < -0.4 is 19.1 Å². The summed E-state index contributed by atoms with van der Waals surface area (Å²) in [6.45, 7) is 3.49. The Morgan fingerprint density at radius 2 is 1.68 bits per heavy atom. The molecule has 34 heavy (non-hydrogen) atoms. The van der Waals surface area contributed by atoms with E-state index in [2.05, 4.69) is 0 Å². The molecule has 1 amide bonds. The minimum atomic E-state index is 0.0197. The van der Waals surface area contributed by atoms with Gasteiger partial charge in [0.15, 0.2) is 5.13 Å². The molecule has 7 heteroatoms. The van der Waals surface area contributed by atoms with E-state index in [4.69, 9.17) is 19.2 Å². The maximum Gasteiger partial charge on any atom is 0.229 e. The van der Waals surface area contributed by atoms with Gasteiger partial charge in [0.1, 0.15) is 17.2 Å². The summed E-state index contributed by atoms with van der Waals surface area (Å²) in [5.41, 5.74) is 1.91. The molecule has 176 valence electrons. The van der Waals surface area contributed by atoms with Crippen LogP contribution in [0.15, 0.2) is 72.8 Å². The molecule has 4 aromatic rings. The van der Waals surface area contributed by atoms with Crippen LogP contribution in [0.3, 0.4) is 0 Å². The molecule has 0 saturated heterocycles. The van der Waals surface area contributed by atoms with Crippen LogP contribution in [0, 0.1) is 0 Å². The highest BCUT2D eigenvalue weighted by molar-refractivity contribution is 7.22. The Labute approximate surface area is 203 Å². The Morgan fingerprint density at radius 3 is 2.41 bits per heavy atom. The fraction of sp³-hybridized carbons (Fsp3) is 0.259. The van der Waals surface area contributed by atoms with Crippen molar-refractivity contribution in [2.24, 2.45) is 0 Å². The van der Waals surface area contributed by atoms with Gasteiger partial charge >= 0.3 is 0 Å². The van der Waals surface area contributed by atoms with E-state index in [1.165, 1.54) is 11.3 Å². The van der Waals surface area contributed by atoms with Gasteiger partial charge in [-0.15, -0.1) is 0 Å². The predicted molar refractivity (Wildman–Crippen MR) is 136 cm³/mol. The van der Waals surface area contributed by atoms with Crippen molar-refractivity contribution in [1.82, 2.24) is 4.98 Å². The van der Waals surface area contributed by atoms with Gasteiger partial charge in [0.2, 0.25) is 5.91 Å². The molecule has 0 aliphatic carbocycles. The third-order valence-electron chi connectivity index (χ3n) is 5.24. The summed E-state index contributed by atoms with van der Waals surface area (Å²) in [6, 6.07) is 23.2. The zero-order chi connectivity index (χ0) is 23.8. The first-order valence-electron chi connectivity index (χ1n) is 11.3. The minimum absolute atomic E-state index is 0.0197. The standard InChI is InChI=1S/C27H28N2O4S/c1-3-32-23-15-16-24-25(18-23)34-27(28-24)29(19-20-8-5-4-6-9-20)26(30)10-7-17-33-22-13-11-21(31-2)12-14-22/h4-6,8-9,11-16,18H,3,7,10,17,19H2,1-2H3. The molecule has 0 N–H and O–H groups in total. The van der Waals surface area contributed by atoms with Crippen molar-refractivity contribution in [2.45, 2.75) is 26.3 Å². The number of aromatic nitrogens is 1. The normalized spacial score (nSPS) is 10.8. The number of thiazole rings is 1. The van der Waals surface area contributed by atoms with Gasteiger partial charge in [0.25, 0.3) is 0 Å². The average molecular weight is 477 g/mol. The maximum absolute atomic E-state index is 13.3. The highest BCUT2D eigenvalue weighted by atomic mass is 32.1. The van der Waals surface area contributed by atoms with E-state index >= 15 is 0 Å². The molecule has 3 aromatic carbocycles. The van der Waals surface area contributed by atoms with Gasteiger partial charge in [-0.3, -0.25) is 9.69 Å². The summed E-state index contributed by atoms with van der Waals surface area (Å²) < 4.78 is 17.6. The fourth-order valence-electron chi connectivity index (χ4n) is 3.51. The Hall–Kier alpha value is -3.58. The van der Waals surface area contributed by atoms with E-state index in [0.717, 1.165) is 33.0 Å². The summed E-state index contributed by atoms with van der Waals surface area (Å²) in [6.07, 6.45) is 0.971. The molecular weight excluding hydrogens is 448 g/mol. The molecule has 4 rings (SSSR count). The summed E-state index contributed by atoms with van der Waals surface area (Å²) >= 11 is 1.50. The largest absolute Gasteiger partial charge is 0.497 e. The first-order valence-corrected chi connectivity index (χ1v) is 12.1. The lowest BCUT2D eigenvalue weighted by Crippen LogP contribution is -2.30. The van der Waals surface area contributed by atoms with E-state index in [-0.39, 0.29) is 5.91 Å². The smallest absolute Gasteiger partial charge is 0.229 e. The molecule has 6 nitrogen and oxygen atoms in total. The fourth-order valence-corrected chi connectivity index (χ4v) is 4.52. The summed E-state index contributed by atoms with van der Waals surface area (Å²) in [7, 11) is 1.63. The van der Waals surface area contributed by atoms with Crippen LogP contribution in [0.25, 0.3) is 10.2 Å². The van der Waals surface area contributed by atoms with Gasteiger partial charge in [-0.2, -0.15) is 0 Å². The van der Waals surface area contributed by atoms with Crippen molar-refractivity contribution in [2.75, 3.05) is 25.2 Å². The molecule has 0 atom stereocenters. The predicted octanol–water partition coefficient (Wildman–Crippen LogP) is 6.10. The van der Waals surface area contributed by atoms with E-state index in [0.29, 0.717) is 37.7 Å². The Balaban J connectivity index is 1.45. The zero-order valence-electron chi connectivity index (χ0n) is 19.4. The molecule has 0 unspecified atom stereocenters. The number of carbonyl (C=O) groups is 1. The van der Waals surface area contributed by atoms with E-state index in [9.17, 15) is 4.79 Å². The first kappa shape index (κ1) is 23.6. The van der Waals surface area contributed by atoms with Gasteiger partial charge in [-0.1, -0.05) is 41.7 Å². The number of fused-ring (bicyclic) bond motifs is 1. The summed E-state index contributed by atoms with van der Waals surface area (Å²) in [4.78, 5) is 19.8. The molecule has 1 heterocycles. The van der Waals surface area contributed by atoms with Crippen molar-refractivity contribution in [1.29, 1.82) is 0 Å². The minimum Gasteiger partial charge on any atom is -0.497 e. The van der Waals surface area contributed by atoms with Crippen LogP contribution >= 0.6 is 11.3 Å². The maximum atomic E-state index is 13.3. The van der Waals surface area contributed by atoms with Gasteiger partial charge in [-0.05, 0) is 61.4 Å². The van der Waals surface area contributed by atoms with Gasteiger partial charge in [0.05, 0.1) is 37.1 Å². The van der Waals surface area contributed by atoms with Crippen LogP contribution in [0.4, 0.5) is 5.13 Å². The van der Waals surface area contributed by atoms with Crippen LogP contribution in [-0.2, 0) is 11.3 Å². The van der Waals surface area contributed by atoms with Crippen LogP contribution in [0.2, 0.25) is 0 Å². The van der Waals surface area contributed by atoms with Crippen molar-refractivity contribution < 1.29 is 19.0 Å². The zero-order valence-corrected chi connectivity index (χ0v) is 20.2. The third-order valence-corrected chi connectivity index (χ3v) is 6.28. The second-order valence-corrected chi connectivity index (χ2v) is 8.66. The number of nitrogens with zero attached hydrogens (tertiary/aromatic N) is 2. The summed E-state index contributed by atoms with van der Waals surface area (Å²) in [5, 5.41) is 0.688. The number of ether oxygens (including phenoxy) is 3. The number of carbonyl (C=O) groups excluding carboxylic acids is 1. The number of hydrogen-bond donors (Lipinski definition) is 0. The Bertz CT molecular complexity index is 1210. The molecule has 0 aliphatic rings. The van der Waals surface area contributed by atoms with Crippen LogP contribution in [0.5, 0.6) is 17.2 Å². The quantitative estimate of drug-likeness (QED) is 0.245. The lowest BCUT2D eigenvalue weighted by atomic mass is 10.2. The van der Waals surface area contributed by atoms with Crippen molar-refractivity contribution >= 4 is 32.6 Å². The Morgan fingerprint density at radius 1 is 0.941 bits per heavy atom. The van der Waals surface area contributed by atoms with Crippen LogP contribution in [-0.4, -0.2) is 31.2 Å². The molecule has 0 radical (unpaired) electrons. The number of hydrogen-bond acceptors (Lipinski definition) is 6. The lowest BCUT2D eigenvalue weighted by Gasteiger charge is -2.20. The van der Waals surface area contributed by atoms with Gasteiger partial charge in [-0.25, -0.2) is 4.98 Å². The number of rotatable bonds is 11. The van der Waals surface area contributed by atoms with Gasteiger partial charge in [0, 0.05) is 6.42 Å². The van der Waals surface area contributed by atoms with Gasteiger partial charge < -0.3 is 14.2 Å². The second-order valence-electron chi connectivity index (χ2n) is 7.65. The third kappa shape index (κ3) is 6.05. The monoisotopic (exact) mass is 476 g/mol. The molecule has 0 saturated carbocycles. The van der Waals surface area contributed by atoms with E-state index < -0.39 is 0 Å². The molecule has 0 aliphatic heterocycles. The number of amides is 1. The average Bonchev–Trinajstić information content (AvgIpc) is 3.29. The lowest BCUT2D eigenvalue weighted by molar-refractivity contribution is -0.119. The molecule has 0 fully saturated rings.